The Kier molecular flexibility index (Phi) is 5.79. The van der Waals surface area contributed by atoms with E-state index >= 15 is 0 Å². The fourth-order valence-electron chi connectivity index (χ4n) is 2.27. The summed E-state index contributed by atoms with van der Waals surface area (Å²) in [7, 11) is -9.33. The SMILES string of the molecule is CC(C)OS(=O)(=O)C(=C(c1ccccc1)S(=O)(=O)O)c1ccccc1. The smallest absolute Gasteiger partial charge is 0.282 e. The van der Waals surface area contributed by atoms with Crippen LogP contribution in [0.4, 0.5) is 0 Å². The monoisotopic (exact) mass is 382 g/mol. The molecule has 0 radical (unpaired) electrons. The van der Waals surface area contributed by atoms with Crippen LogP contribution in [0.2, 0.25) is 0 Å². The van der Waals surface area contributed by atoms with Crippen molar-refractivity contribution in [3.05, 3.63) is 71.8 Å². The van der Waals surface area contributed by atoms with Crippen LogP contribution in [-0.4, -0.2) is 27.5 Å². The molecule has 0 bridgehead atoms. The normalized spacial score (nSPS) is 13.6. The zero-order chi connectivity index (χ0) is 18.7. The van der Waals surface area contributed by atoms with E-state index in [1.54, 1.807) is 36.4 Å². The zero-order valence-corrected chi connectivity index (χ0v) is 15.3. The first-order valence-electron chi connectivity index (χ1n) is 7.39. The summed E-state index contributed by atoms with van der Waals surface area (Å²) >= 11 is 0. The lowest BCUT2D eigenvalue weighted by Crippen LogP contribution is -2.17. The van der Waals surface area contributed by atoms with Crippen molar-refractivity contribution < 1.29 is 25.6 Å². The molecule has 0 atom stereocenters. The first-order valence-corrected chi connectivity index (χ1v) is 10.2. The van der Waals surface area contributed by atoms with Gasteiger partial charge in [-0.2, -0.15) is 16.8 Å². The molecule has 0 unspecified atom stereocenters. The predicted octanol–water partition coefficient (Wildman–Crippen LogP) is 3.16. The molecule has 6 nitrogen and oxygen atoms in total. The summed E-state index contributed by atoms with van der Waals surface area (Å²) in [6.07, 6.45) is -0.706. The Bertz CT molecular complexity index is 960. The predicted molar refractivity (Wildman–Crippen MR) is 96.4 cm³/mol. The molecule has 0 aliphatic rings. The average Bonchev–Trinajstić information content (AvgIpc) is 2.51. The van der Waals surface area contributed by atoms with Gasteiger partial charge in [0.25, 0.3) is 20.2 Å². The van der Waals surface area contributed by atoms with E-state index < -0.39 is 36.2 Å². The van der Waals surface area contributed by atoms with Gasteiger partial charge in [-0.05, 0) is 25.0 Å². The molecule has 2 rings (SSSR count). The third kappa shape index (κ3) is 4.76. The lowest BCUT2D eigenvalue weighted by Gasteiger charge is -2.16. The lowest BCUT2D eigenvalue weighted by atomic mass is 10.1. The van der Waals surface area contributed by atoms with Crippen molar-refractivity contribution in [2.75, 3.05) is 0 Å². The molecule has 2 aromatic rings. The third-order valence-electron chi connectivity index (χ3n) is 3.11. The van der Waals surface area contributed by atoms with Gasteiger partial charge in [-0.3, -0.25) is 8.74 Å². The van der Waals surface area contributed by atoms with Crippen molar-refractivity contribution >= 4 is 30.0 Å². The molecule has 0 saturated heterocycles. The maximum Gasteiger partial charge on any atom is 0.299 e. The summed E-state index contributed by atoms with van der Waals surface area (Å²) < 4.78 is 64.4. The fraction of sp³-hybridized carbons (Fsp3) is 0.176. The highest BCUT2D eigenvalue weighted by Gasteiger charge is 2.32. The summed E-state index contributed by atoms with van der Waals surface area (Å²) in [5.41, 5.74) is 0.138. The van der Waals surface area contributed by atoms with Gasteiger partial charge in [0.05, 0.1) is 6.10 Å². The van der Waals surface area contributed by atoms with Crippen LogP contribution in [0.1, 0.15) is 25.0 Å². The van der Waals surface area contributed by atoms with Crippen LogP contribution in [0.5, 0.6) is 0 Å². The quantitative estimate of drug-likeness (QED) is 0.468. The first kappa shape index (κ1) is 19.3. The Balaban J connectivity index is 2.95. The van der Waals surface area contributed by atoms with Crippen LogP contribution in [0.15, 0.2) is 60.7 Å². The van der Waals surface area contributed by atoms with Gasteiger partial charge in [-0.25, -0.2) is 0 Å². The summed E-state index contributed by atoms with van der Waals surface area (Å²) in [6, 6.07) is 15.2. The summed E-state index contributed by atoms with van der Waals surface area (Å²) in [4.78, 5) is -1.32. The summed E-state index contributed by atoms with van der Waals surface area (Å²) in [5, 5.41) is 0. The minimum atomic E-state index is -4.86. The highest BCUT2D eigenvalue weighted by atomic mass is 32.2. The van der Waals surface area contributed by atoms with E-state index in [4.69, 9.17) is 4.18 Å². The summed E-state index contributed by atoms with van der Waals surface area (Å²) in [5.74, 6) is 0. The van der Waals surface area contributed by atoms with Gasteiger partial charge in [-0.1, -0.05) is 60.7 Å². The van der Waals surface area contributed by atoms with E-state index in [-0.39, 0.29) is 11.1 Å². The van der Waals surface area contributed by atoms with Crippen LogP contribution in [0.3, 0.4) is 0 Å². The first-order chi connectivity index (χ1) is 11.6. The molecule has 0 heterocycles. The van der Waals surface area contributed by atoms with Crippen molar-refractivity contribution in [2.45, 2.75) is 20.0 Å². The van der Waals surface area contributed by atoms with E-state index in [0.29, 0.717) is 0 Å². The van der Waals surface area contributed by atoms with Crippen LogP contribution in [0, 0.1) is 0 Å². The van der Waals surface area contributed by atoms with E-state index in [9.17, 15) is 21.4 Å². The molecule has 0 amide bonds. The Hall–Kier alpha value is -2.00. The van der Waals surface area contributed by atoms with Crippen molar-refractivity contribution in [1.82, 2.24) is 0 Å². The van der Waals surface area contributed by atoms with Crippen molar-refractivity contribution in [3.63, 3.8) is 0 Å². The van der Waals surface area contributed by atoms with E-state index in [0.717, 1.165) is 0 Å². The van der Waals surface area contributed by atoms with Crippen molar-refractivity contribution in [1.29, 1.82) is 0 Å². The summed E-state index contributed by atoms with van der Waals surface area (Å²) in [6.45, 7) is 3.02. The van der Waals surface area contributed by atoms with Gasteiger partial charge < -0.3 is 0 Å². The maximum absolute atomic E-state index is 12.7. The zero-order valence-electron chi connectivity index (χ0n) is 13.7. The molecule has 25 heavy (non-hydrogen) atoms. The minimum absolute atomic E-state index is 0.0415. The Morgan fingerprint density at radius 3 is 1.56 bits per heavy atom. The number of rotatable bonds is 6. The molecule has 134 valence electrons. The van der Waals surface area contributed by atoms with E-state index in [1.807, 2.05) is 0 Å². The molecule has 0 aliphatic carbocycles. The topological polar surface area (TPSA) is 97.7 Å². The highest BCUT2D eigenvalue weighted by molar-refractivity contribution is 8.01. The number of hydrogen-bond donors (Lipinski definition) is 1. The van der Waals surface area contributed by atoms with Crippen LogP contribution in [0.25, 0.3) is 9.81 Å². The van der Waals surface area contributed by atoms with Crippen LogP contribution < -0.4 is 0 Å². The van der Waals surface area contributed by atoms with Crippen LogP contribution >= 0.6 is 0 Å². The molecule has 2 aromatic carbocycles. The Labute approximate surface area is 147 Å². The molecule has 0 spiro atoms. The Morgan fingerprint density at radius 2 is 1.20 bits per heavy atom. The number of hydrogen-bond acceptors (Lipinski definition) is 5. The standard InChI is InChI=1S/C17H18O6S2/c1-13(2)23-25(21,22)17(15-11-7-4-8-12-15)16(24(18,19)20)14-9-5-3-6-10-14/h3-13H,1-2H3,(H,18,19,20). The fourth-order valence-corrected chi connectivity index (χ4v) is 5.05. The Morgan fingerprint density at radius 1 is 0.800 bits per heavy atom. The molecule has 0 aromatic heterocycles. The second kappa shape index (κ2) is 7.49. The maximum atomic E-state index is 12.7. The van der Waals surface area contributed by atoms with E-state index in [1.165, 1.54) is 38.1 Å². The van der Waals surface area contributed by atoms with Gasteiger partial charge in [0, 0.05) is 0 Å². The molecule has 0 aliphatic heterocycles. The van der Waals surface area contributed by atoms with Gasteiger partial charge in [0.1, 0.15) is 9.81 Å². The van der Waals surface area contributed by atoms with Crippen LogP contribution in [-0.2, 0) is 24.4 Å². The molecule has 0 saturated carbocycles. The second-order valence-corrected chi connectivity index (χ2v) is 8.33. The second-order valence-electron chi connectivity index (χ2n) is 5.46. The molecule has 8 heteroatoms. The highest BCUT2D eigenvalue weighted by Crippen LogP contribution is 2.35. The van der Waals surface area contributed by atoms with Crippen molar-refractivity contribution in [3.8, 4) is 0 Å². The molecule has 0 fully saturated rings. The van der Waals surface area contributed by atoms with Gasteiger partial charge in [0.15, 0.2) is 0 Å². The molecular formula is C17H18O6S2. The molecular weight excluding hydrogens is 364 g/mol. The third-order valence-corrected chi connectivity index (χ3v) is 5.77. The lowest BCUT2D eigenvalue weighted by molar-refractivity contribution is 0.254. The van der Waals surface area contributed by atoms with Crippen molar-refractivity contribution in [2.24, 2.45) is 0 Å². The minimum Gasteiger partial charge on any atom is -0.282 e. The van der Waals surface area contributed by atoms with Gasteiger partial charge >= 0.3 is 0 Å². The molecule has 1 N–H and O–H groups in total. The largest absolute Gasteiger partial charge is 0.299 e. The number of benzene rings is 2. The average molecular weight is 382 g/mol. The van der Waals surface area contributed by atoms with E-state index in [2.05, 4.69) is 0 Å². The van der Waals surface area contributed by atoms with Gasteiger partial charge in [-0.15, -0.1) is 0 Å². The van der Waals surface area contributed by atoms with Gasteiger partial charge in [0.2, 0.25) is 0 Å².